The quantitative estimate of drug-likeness (QED) is 0.118. The van der Waals surface area contributed by atoms with E-state index in [4.69, 9.17) is 30.6 Å². The number of aryl methyl sites for hydroxylation is 1. The largest absolute Gasteiger partial charge is 0.490 e. The molecule has 282 valence electrons. The molecule has 0 spiro atoms. The lowest BCUT2D eigenvalue weighted by atomic mass is 9.91. The molecular weight excluding hydrogens is 693 g/mol. The summed E-state index contributed by atoms with van der Waals surface area (Å²) in [7, 11) is 0. The Morgan fingerprint density at radius 3 is 2.13 bits per heavy atom. The van der Waals surface area contributed by atoms with Crippen molar-refractivity contribution in [2.24, 2.45) is 5.73 Å². The molecule has 14 nitrogen and oxygen atoms in total. The van der Waals surface area contributed by atoms with Crippen LogP contribution in [0, 0.1) is 0 Å². The van der Waals surface area contributed by atoms with E-state index in [-0.39, 0.29) is 18.0 Å². The first kappa shape index (κ1) is 37.6. The van der Waals surface area contributed by atoms with Gasteiger partial charge < -0.3 is 36.3 Å². The maximum atomic E-state index is 11.3. The predicted octanol–water partition coefficient (Wildman–Crippen LogP) is 4.45. The number of nitrogens with zero attached hydrogens (tertiary/aromatic N) is 7. The molecule has 53 heavy (non-hydrogen) atoms. The zero-order valence-electron chi connectivity index (χ0n) is 29.0. The van der Waals surface area contributed by atoms with Crippen LogP contribution in [0.2, 0.25) is 0 Å². The number of aliphatic hydroxyl groups excluding tert-OH is 2. The average molecular weight is 737 g/mol. The summed E-state index contributed by atoms with van der Waals surface area (Å²) in [5, 5.41) is 45.6. The molecule has 0 saturated heterocycles. The molecule has 0 amide bonds. The zero-order chi connectivity index (χ0) is 37.7. The fourth-order valence-electron chi connectivity index (χ4n) is 6.91. The third-order valence-electron chi connectivity index (χ3n) is 9.84. The van der Waals surface area contributed by atoms with E-state index in [1.165, 1.54) is 15.9 Å². The maximum absolute atomic E-state index is 11.3. The number of nitrogens with two attached hydrogens (primary N) is 1. The molecule has 2 aliphatic rings. The Labute approximate surface area is 303 Å². The molecule has 2 aliphatic carbocycles. The number of fused-ring (bicyclic) bond motifs is 1. The second-order valence-corrected chi connectivity index (χ2v) is 13.4. The van der Waals surface area contributed by atoms with Gasteiger partial charge in [-0.25, -0.2) is 9.78 Å². The minimum atomic E-state index is -5.08. The van der Waals surface area contributed by atoms with Gasteiger partial charge in [-0.2, -0.15) is 38.1 Å². The highest BCUT2D eigenvalue weighted by Gasteiger charge is 2.45. The van der Waals surface area contributed by atoms with Crippen LogP contribution in [0.1, 0.15) is 73.9 Å². The molecule has 0 bridgehead atoms. The number of carbonyl (C=O) groups is 1. The number of aromatic nitrogens is 7. The SMILES string of the molecule is CCc1cnn([C@H]2C[C@@H](n3cnc4c(NCC(c5ccccc5)c5ccccc5)nc(NC5CCC(N)CC5)nc43)[C@H](O)[C@@H]2O)n1.O=C(O)C(F)(F)F. The lowest BCUT2D eigenvalue weighted by Crippen LogP contribution is -2.33. The summed E-state index contributed by atoms with van der Waals surface area (Å²) in [6, 6.07) is 20.4. The number of alkyl halides is 3. The average Bonchev–Trinajstić information content (AvgIpc) is 3.88. The standard InChI is InChI=1S/C34H42N10O2.C2HF3O2/c1-2-24-18-38-44(42-24)28-17-27(30(45)31(28)46)43-20-37-29-32(40-34(41-33(29)43)39-25-15-13-23(35)14-16-25)36-19-26(21-9-5-3-6-10-21)22-11-7-4-8-12-22;3-2(4,5)1(6)7/h3-12,18,20,23,25-28,30-31,45-46H,2,13-17,19,35H2,1H3,(H2,36,39,40,41);(H,6,7)/t23?,25?,27-,28+,30+,31-;/m1./s1. The van der Waals surface area contributed by atoms with E-state index in [0.717, 1.165) is 37.8 Å². The normalized spacial score (nSPS) is 23.1. The highest BCUT2D eigenvalue weighted by Crippen LogP contribution is 2.40. The van der Waals surface area contributed by atoms with Crippen molar-refractivity contribution in [3.63, 3.8) is 0 Å². The number of hydrogen-bond donors (Lipinski definition) is 6. The first-order chi connectivity index (χ1) is 25.4. The van der Waals surface area contributed by atoms with Gasteiger partial charge in [0.25, 0.3) is 0 Å². The Bertz CT molecular complexity index is 1910. The second kappa shape index (κ2) is 16.3. The number of hydrogen-bond acceptors (Lipinski definition) is 11. The van der Waals surface area contributed by atoms with Crippen molar-refractivity contribution in [1.29, 1.82) is 0 Å². The highest BCUT2D eigenvalue weighted by molar-refractivity contribution is 5.84. The number of halogens is 3. The third-order valence-corrected chi connectivity index (χ3v) is 9.84. The van der Waals surface area contributed by atoms with Crippen molar-refractivity contribution < 1.29 is 33.3 Å². The molecule has 3 heterocycles. The number of nitrogens with one attached hydrogen (secondary N) is 2. The van der Waals surface area contributed by atoms with E-state index < -0.39 is 36.4 Å². The van der Waals surface area contributed by atoms with Gasteiger partial charge in [0.15, 0.2) is 17.0 Å². The lowest BCUT2D eigenvalue weighted by molar-refractivity contribution is -0.192. The van der Waals surface area contributed by atoms with Gasteiger partial charge in [-0.15, -0.1) is 0 Å². The minimum Gasteiger partial charge on any atom is -0.475 e. The van der Waals surface area contributed by atoms with Crippen LogP contribution < -0.4 is 16.4 Å². The molecule has 17 heteroatoms. The highest BCUT2D eigenvalue weighted by atomic mass is 19.4. The van der Waals surface area contributed by atoms with E-state index >= 15 is 0 Å². The van der Waals surface area contributed by atoms with E-state index in [1.54, 1.807) is 12.5 Å². The molecule has 7 rings (SSSR count). The van der Waals surface area contributed by atoms with Gasteiger partial charge in [0, 0.05) is 24.5 Å². The summed E-state index contributed by atoms with van der Waals surface area (Å²) < 4.78 is 33.6. The van der Waals surface area contributed by atoms with Gasteiger partial charge in [-0.05, 0) is 49.7 Å². The van der Waals surface area contributed by atoms with Crippen molar-refractivity contribution in [3.05, 3.63) is 90.0 Å². The fourth-order valence-corrected chi connectivity index (χ4v) is 6.91. The Hall–Kier alpha value is -5.13. The molecule has 0 unspecified atom stereocenters. The molecule has 3 aromatic heterocycles. The van der Waals surface area contributed by atoms with Crippen LogP contribution in [0.5, 0.6) is 0 Å². The Balaban J connectivity index is 0.000000626. The van der Waals surface area contributed by atoms with Crippen LogP contribution in [0.4, 0.5) is 24.9 Å². The molecule has 5 aromatic rings. The fraction of sp³-hybridized carbons (Fsp3) is 0.444. The molecule has 2 fully saturated rings. The summed E-state index contributed by atoms with van der Waals surface area (Å²) in [5.41, 5.74) is 10.6. The zero-order valence-corrected chi connectivity index (χ0v) is 29.0. The van der Waals surface area contributed by atoms with Crippen LogP contribution in [-0.2, 0) is 11.2 Å². The van der Waals surface area contributed by atoms with Crippen molar-refractivity contribution in [3.8, 4) is 0 Å². The molecule has 7 N–H and O–H groups in total. The lowest BCUT2D eigenvalue weighted by Gasteiger charge is -2.27. The third kappa shape index (κ3) is 8.75. The van der Waals surface area contributed by atoms with Gasteiger partial charge in [0.2, 0.25) is 5.95 Å². The Morgan fingerprint density at radius 1 is 0.962 bits per heavy atom. The van der Waals surface area contributed by atoms with Gasteiger partial charge in [0.05, 0.1) is 24.3 Å². The van der Waals surface area contributed by atoms with E-state index in [2.05, 4.69) is 69.4 Å². The van der Waals surface area contributed by atoms with Gasteiger partial charge in [-0.3, -0.25) is 0 Å². The smallest absolute Gasteiger partial charge is 0.475 e. The molecule has 0 aliphatic heterocycles. The van der Waals surface area contributed by atoms with Crippen LogP contribution in [0.25, 0.3) is 11.2 Å². The minimum absolute atomic E-state index is 0.0767. The summed E-state index contributed by atoms with van der Waals surface area (Å²) in [6.07, 6.45) is 1.18. The first-order valence-electron chi connectivity index (χ1n) is 17.6. The van der Waals surface area contributed by atoms with Crippen LogP contribution in [0.15, 0.2) is 73.2 Å². The van der Waals surface area contributed by atoms with Crippen molar-refractivity contribution in [2.75, 3.05) is 17.2 Å². The van der Waals surface area contributed by atoms with E-state index in [0.29, 0.717) is 35.9 Å². The number of aliphatic hydroxyl groups is 2. The number of carboxylic acids is 1. The number of imidazole rings is 1. The van der Waals surface area contributed by atoms with Crippen molar-refractivity contribution >= 4 is 28.9 Å². The van der Waals surface area contributed by atoms with Crippen LogP contribution in [-0.4, -0.2) is 92.8 Å². The molecule has 4 atom stereocenters. The number of rotatable bonds is 10. The van der Waals surface area contributed by atoms with E-state index in [9.17, 15) is 23.4 Å². The van der Waals surface area contributed by atoms with Crippen LogP contribution >= 0.6 is 0 Å². The maximum Gasteiger partial charge on any atom is 0.490 e. The van der Waals surface area contributed by atoms with Gasteiger partial charge in [0.1, 0.15) is 18.2 Å². The monoisotopic (exact) mass is 736 g/mol. The number of anilines is 2. The molecular formula is C36H43F3N10O4. The number of benzene rings is 2. The summed E-state index contributed by atoms with van der Waals surface area (Å²) in [6.45, 7) is 2.59. The number of aliphatic carboxylic acids is 1. The topological polar surface area (TPSA) is 202 Å². The van der Waals surface area contributed by atoms with Gasteiger partial charge in [-0.1, -0.05) is 67.6 Å². The Kier molecular flexibility index (Phi) is 11.5. The predicted molar refractivity (Wildman–Crippen MR) is 190 cm³/mol. The molecule has 2 aromatic carbocycles. The molecule has 2 saturated carbocycles. The van der Waals surface area contributed by atoms with Gasteiger partial charge >= 0.3 is 12.1 Å². The second-order valence-electron chi connectivity index (χ2n) is 13.4. The first-order valence-corrected chi connectivity index (χ1v) is 17.6. The number of carboxylic acid groups (broad SMARTS) is 1. The van der Waals surface area contributed by atoms with Crippen molar-refractivity contribution in [2.45, 2.75) is 93.9 Å². The Morgan fingerprint density at radius 2 is 1.57 bits per heavy atom. The van der Waals surface area contributed by atoms with Crippen LogP contribution in [0.3, 0.4) is 0 Å². The van der Waals surface area contributed by atoms with E-state index in [1.807, 2.05) is 23.6 Å². The molecule has 0 radical (unpaired) electrons. The summed E-state index contributed by atoms with van der Waals surface area (Å²) >= 11 is 0. The van der Waals surface area contributed by atoms with Crippen molar-refractivity contribution in [1.82, 2.24) is 34.5 Å². The summed E-state index contributed by atoms with van der Waals surface area (Å²) in [5.74, 6) is -1.57. The summed E-state index contributed by atoms with van der Waals surface area (Å²) in [4.78, 5) is 25.1.